The van der Waals surface area contributed by atoms with E-state index in [-0.39, 0.29) is 35.6 Å². The van der Waals surface area contributed by atoms with Crippen LogP contribution in [0.15, 0.2) is 35.6 Å². The molecule has 0 saturated heterocycles. The van der Waals surface area contributed by atoms with Crippen LogP contribution in [-0.4, -0.2) is 43.4 Å². The van der Waals surface area contributed by atoms with E-state index in [2.05, 4.69) is 6.58 Å². The summed E-state index contributed by atoms with van der Waals surface area (Å²) < 4.78 is 0. The van der Waals surface area contributed by atoms with Crippen molar-refractivity contribution in [2.24, 2.45) is 22.7 Å². The summed E-state index contributed by atoms with van der Waals surface area (Å²) in [4.78, 5) is 40.0. The van der Waals surface area contributed by atoms with Gasteiger partial charge in [0.15, 0.2) is 17.2 Å². The van der Waals surface area contributed by atoms with Crippen molar-refractivity contribution in [1.29, 1.82) is 0 Å². The van der Waals surface area contributed by atoms with Crippen LogP contribution in [0, 0.1) is 22.7 Å². The van der Waals surface area contributed by atoms with Crippen molar-refractivity contribution < 1.29 is 34.8 Å². The molecule has 3 aliphatic carbocycles. The number of ketones is 3. The van der Waals surface area contributed by atoms with Crippen LogP contribution >= 0.6 is 0 Å². The van der Waals surface area contributed by atoms with Gasteiger partial charge in [0.2, 0.25) is 5.78 Å². The van der Waals surface area contributed by atoms with Gasteiger partial charge in [0.05, 0.1) is 5.56 Å². The predicted molar refractivity (Wildman–Crippen MR) is 131 cm³/mol. The van der Waals surface area contributed by atoms with E-state index in [0.717, 1.165) is 12.5 Å². The first-order valence-electron chi connectivity index (χ1n) is 11.8. The fourth-order valence-corrected chi connectivity index (χ4v) is 7.12. The Morgan fingerprint density at radius 2 is 1.71 bits per heavy atom. The van der Waals surface area contributed by atoms with Gasteiger partial charge in [0.1, 0.15) is 22.8 Å². The second-order valence-corrected chi connectivity index (χ2v) is 11.2. The molecule has 4 N–H and O–H groups in total. The molecule has 0 aliphatic heterocycles. The summed E-state index contributed by atoms with van der Waals surface area (Å²) in [5, 5.41) is 45.1. The van der Waals surface area contributed by atoms with E-state index in [9.17, 15) is 34.8 Å². The van der Waals surface area contributed by atoms with E-state index in [4.69, 9.17) is 0 Å². The Labute approximate surface area is 204 Å². The van der Waals surface area contributed by atoms with E-state index in [1.165, 1.54) is 6.07 Å². The first-order valence-corrected chi connectivity index (χ1v) is 11.8. The molecule has 0 amide bonds. The monoisotopic (exact) mass is 480 g/mol. The summed E-state index contributed by atoms with van der Waals surface area (Å²) in [6.45, 7) is 13.8. The normalized spacial score (nSPS) is 32.4. The van der Waals surface area contributed by atoms with Gasteiger partial charge in [-0.15, -0.1) is 0 Å². The lowest BCUT2D eigenvalue weighted by molar-refractivity contribution is -0.178. The fraction of sp³-hybridized carbons (Fsp3) is 0.464. The molecule has 1 aromatic rings. The van der Waals surface area contributed by atoms with E-state index >= 15 is 0 Å². The van der Waals surface area contributed by atoms with Gasteiger partial charge in [-0.3, -0.25) is 14.4 Å². The summed E-state index contributed by atoms with van der Waals surface area (Å²) in [7, 11) is 0. The van der Waals surface area contributed by atoms with Crippen LogP contribution in [0.5, 0.6) is 5.75 Å². The van der Waals surface area contributed by atoms with Crippen LogP contribution in [0.2, 0.25) is 0 Å². The summed E-state index contributed by atoms with van der Waals surface area (Å²) in [5.74, 6) is -5.27. The number of carbonyl (C=O) groups excluding carboxylic acids is 3. The van der Waals surface area contributed by atoms with Crippen LogP contribution in [-0.2, 0) is 20.8 Å². The number of Topliss-reactive ketones (excluding diaryl/α,β-unsaturated/α-hetero) is 3. The zero-order chi connectivity index (χ0) is 26.4. The number of benzene rings is 1. The van der Waals surface area contributed by atoms with Gasteiger partial charge in [-0.05, 0) is 49.8 Å². The van der Waals surface area contributed by atoms with Crippen molar-refractivity contribution in [3.63, 3.8) is 0 Å². The van der Waals surface area contributed by atoms with Gasteiger partial charge in [0.25, 0.3) is 0 Å². The molecule has 3 aliphatic rings. The number of aromatic hydroxyl groups is 1. The number of hydrogen-bond donors (Lipinski definition) is 4. The number of fused-ring (bicyclic) bond motifs is 3. The van der Waals surface area contributed by atoms with Gasteiger partial charge in [-0.25, -0.2) is 0 Å². The second-order valence-electron chi connectivity index (χ2n) is 11.2. The fourth-order valence-electron chi connectivity index (χ4n) is 7.12. The lowest BCUT2D eigenvalue weighted by Crippen LogP contribution is -2.69. The molecular formula is C28H32O7. The molecule has 0 spiro atoms. The topological polar surface area (TPSA) is 132 Å². The summed E-state index contributed by atoms with van der Waals surface area (Å²) >= 11 is 0. The van der Waals surface area contributed by atoms with E-state index < -0.39 is 56.8 Å². The number of phenolic OH excluding ortho intramolecular Hbond substituents is 1. The van der Waals surface area contributed by atoms with Crippen molar-refractivity contribution in [3.05, 3.63) is 52.3 Å². The number of aliphatic hydroxyl groups excluding tert-OH is 2. The largest absolute Gasteiger partial charge is 0.508 e. The van der Waals surface area contributed by atoms with Gasteiger partial charge < -0.3 is 20.4 Å². The van der Waals surface area contributed by atoms with Crippen LogP contribution in [0.1, 0.15) is 64.7 Å². The maximum absolute atomic E-state index is 14.1. The number of hydrogen-bond acceptors (Lipinski definition) is 7. The average Bonchev–Trinajstić information content (AvgIpc) is 2.69. The molecule has 7 nitrogen and oxygen atoms in total. The predicted octanol–water partition coefficient (Wildman–Crippen LogP) is 4.22. The molecule has 0 heterocycles. The average molecular weight is 481 g/mol. The minimum atomic E-state index is -2.60. The lowest BCUT2D eigenvalue weighted by Gasteiger charge is -2.59. The Balaban J connectivity index is 2.11. The van der Waals surface area contributed by atoms with Crippen molar-refractivity contribution in [2.45, 2.75) is 60.0 Å². The molecule has 0 radical (unpaired) electrons. The number of allylic oxidation sites excluding steroid dienone is 2. The first-order chi connectivity index (χ1) is 16.0. The van der Waals surface area contributed by atoms with Gasteiger partial charge >= 0.3 is 0 Å². The van der Waals surface area contributed by atoms with Crippen molar-refractivity contribution in [3.8, 4) is 5.75 Å². The highest BCUT2D eigenvalue weighted by Gasteiger charge is 2.72. The molecule has 4 atom stereocenters. The molecule has 4 rings (SSSR count). The first kappa shape index (κ1) is 24.9. The maximum atomic E-state index is 14.1. The Morgan fingerprint density at radius 1 is 1.11 bits per heavy atom. The van der Waals surface area contributed by atoms with Crippen LogP contribution in [0.3, 0.4) is 0 Å². The second kappa shape index (κ2) is 7.40. The zero-order valence-corrected chi connectivity index (χ0v) is 20.9. The summed E-state index contributed by atoms with van der Waals surface area (Å²) in [6.07, 6.45) is 0.301. The highest BCUT2D eigenvalue weighted by Crippen LogP contribution is 2.65. The van der Waals surface area contributed by atoms with Crippen LogP contribution in [0.25, 0.3) is 11.3 Å². The number of rotatable bonds is 3. The molecule has 1 saturated carbocycles. The minimum absolute atomic E-state index is 0.0657. The smallest absolute Gasteiger partial charge is 0.203 e. The third-order valence-corrected chi connectivity index (χ3v) is 8.35. The third-order valence-electron chi connectivity index (χ3n) is 8.35. The number of aliphatic hydroxyl groups is 3. The Hall–Kier alpha value is -3.19. The quantitative estimate of drug-likeness (QED) is 0.476. The molecule has 186 valence electrons. The molecule has 1 unspecified atom stereocenters. The summed E-state index contributed by atoms with van der Waals surface area (Å²) in [6, 6.07) is 3.11. The van der Waals surface area contributed by atoms with Crippen LogP contribution < -0.4 is 0 Å². The zero-order valence-electron chi connectivity index (χ0n) is 20.9. The summed E-state index contributed by atoms with van der Waals surface area (Å²) in [5.41, 5.74) is -3.66. The van der Waals surface area contributed by atoms with Crippen molar-refractivity contribution >= 4 is 28.7 Å². The van der Waals surface area contributed by atoms with Crippen molar-refractivity contribution in [1.82, 2.24) is 0 Å². The highest BCUT2D eigenvalue weighted by molar-refractivity contribution is 6.24. The van der Waals surface area contributed by atoms with Gasteiger partial charge in [-0.2, -0.15) is 0 Å². The number of phenols is 1. The number of carbonyl (C=O) groups is 3. The SMILES string of the molecule is C=C(C)c1ccc(O)c2c1C[C@]1(C)C[C@]3(C)C(C(C)C)C(=O)C(C(C)=O)=C(O)[C@]3(O)C(=O)C1=C2O. The van der Waals surface area contributed by atoms with E-state index in [0.29, 0.717) is 11.1 Å². The van der Waals surface area contributed by atoms with Gasteiger partial charge in [-0.1, -0.05) is 45.9 Å². The van der Waals surface area contributed by atoms with Gasteiger partial charge in [0, 0.05) is 22.3 Å². The Kier molecular flexibility index (Phi) is 5.27. The molecular weight excluding hydrogens is 448 g/mol. The Bertz CT molecular complexity index is 1300. The third kappa shape index (κ3) is 2.91. The molecule has 0 bridgehead atoms. The Morgan fingerprint density at radius 3 is 2.23 bits per heavy atom. The molecule has 1 fully saturated rings. The van der Waals surface area contributed by atoms with E-state index in [1.54, 1.807) is 40.7 Å². The molecule has 0 aromatic heterocycles. The molecule has 7 heteroatoms. The standard InChI is InChI=1S/C28H32O7/c1-12(2)15-8-9-17(30)19-16(15)10-26(6)11-27(7)20(13(3)4)22(31)18(14(5)29)24(33)28(27,35)25(34)21(26)23(19)32/h8-9,13,20,30,32-33,35H,1,10-11H2,2-7H3/t20?,26-,27-,28+/m1/s1. The lowest BCUT2D eigenvalue weighted by atomic mass is 9.43. The minimum Gasteiger partial charge on any atom is -0.508 e. The molecule has 1 aromatic carbocycles. The maximum Gasteiger partial charge on any atom is 0.203 e. The van der Waals surface area contributed by atoms with Crippen molar-refractivity contribution in [2.75, 3.05) is 0 Å². The molecule has 35 heavy (non-hydrogen) atoms. The van der Waals surface area contributed by atoms with Crippen LogP contribution in [0.4, 0.5) is 0 Å². The van der Waals surface area contributed by atoms with E-state index in [1.807, 2.05) is 0 Å². The highest BCUT2D eigenvalue weighted by atomic mass is 16.3.